The molecular formula is C33H40N4O3. The molecule has 210 valence electrons. The second kappa shape index (κ2) is 10.3. The van der Waals surface area contributed by atoms with Gasteiger partial charge in [-0.3, -0.25) is 19.1 Å². The molecule has 7 heteroatoms. The van der Waals surface area contributed by atoms with Gasteiger partial charge in [0, 0.05) is 30.2 Å². The van der Waals surface area contributed by atoms with Crippen LogP contribution in [-0.4, -0.2) is 42.3 Å². The summed E-state index contributed by atoms with van der Waals surface area (Å²) in [6.07, 6.45) is 14.0. The number of benzene rings is 1. The van der Waals surface area contributed by atoms with Gasteiger partial charge in [-0.2, -0.15) is 0 Å². The number of aliphatic hydroxyl groups excluding tert-OH is 1. The van der Waals surface area contributed by atoms with Crippen LogP contribution in [0.2, 0.25) is 0 Å². The van der Waals surface area contributed by atoms with Crippen molar-refractivity contribution < 1.29 is 5.11 Å². The minimum Gasteiger partial charge on any atom is -0.511 e. The Morgan fingerprint density at radius 1 is 0.825 bits per heavy atom. The Hall–Kier alpha value is -3.19. The van der Waals surface area contributed by atoms with Crippen LogP contribution >= 0.6 is 0 Å². The van der Waals surface area contributed by atoms with Gasteiger partial charge in [-0.15, -0.1) is 0 Å². The lowest BCUT2D eigenvalue weighted by molar-refractivity contribution is -0.0485. The Morgan fingerprint density at radius 3 is 2.25 bits per heavy atom. The molecule has 2 saturated heterocycles. The average molecular weight is 541 g/mol. The van der Waals surface area contributed by atoms with Crippen LogP contribution in [0.25, 0.3) is 22.4 Å². The van der Waals surface area contributed by atoms with Crippen LogP contribution in [0.4, 0.5) is 0 Å². The molecule has 0 radical (unpaired) electrons. The molecule has 3 aromatic rings. The second-order valence-corrected chi connectivity index (χ2v) is 12.9. The van der Waals surface area contributed by atoms with Crippen molar-refractivity contribution in [2.24, 2.45) is 11.8 Å². The lowest BCUT2D eigenvalue weighted by atomic mass is 9.68. The number of piperidine rings is 2. The maximum Gasteiger partial charge on any atom is 0.279 e. The van der Waals surface area contributed by atoms with Gasteiger partial charge >= 0.3 is 0 Å². The summed E-state index contributed by atoms with van der Waals surface area (Å²) in [4.78, 5) is 34.8. The molecule has 4 aliphatic rings. The van der Waals surface area contributed by atoms with Gasteiger partial charge in [0.25, 0.3) is 11.1 Å². The summed E-state index contributed by atoms with van der Waals surface area (Å²) < 4.78 is 3.38. The van der Waals surface area contributed by atoms with E-state index in [-0.39, 0.29) is 35.2 Å². The molecule has 1 N–H and O–H groups in total. The van der Waals surface area contributed by atoms with Crippen LogP contribution in [0.1, 0.15) is 76.7 Å². The summed E-state index contributed by atoms with van der Waals surface area (Å²) in [5.74, 6) is 1.68. The highest BCUT2D eigenvalue weighted by Gasteiger charge is 2.45. The van der Waals surface area contributed by atoms with Gasteiger partial charge in [0.15, 0.2) is 5.69 Å². The van der Waals surface area contributed by atoms with Crippen LogP contribution in [0, 0.1) is 11.8 Å². The highest BCUT2D eigenvalue weighted by Crippen LogP contribution is 2.47. The Bertz CT molecular complexity index is 1530. The minimum absolute atomic E-state index is 0.0745. The summed E-state index contributed by atoms with van der Waals surface area (Å²) in [7, 11) is 0. The highest BCUT2D eigenvalue weighted by atomic mass is 16.3. The van der Waals surface area contributed by atoms with Crippen molar-refractivity contribution in [1.29, 1.82) is 0 Å². The fourth-order valence-corrected chi connectivity index (χ4v) is 8.89. The smallest absolute Gasteiger partial charge is 0.279 e. The molecule has 0 unspecified atom stereocenters. The molecular weight excluding hydrogens is 500 g/mol. The number of hydrogen-bond donors (Lipinski definition) is 1. The Kier molecular flexibility index (Phi) is 6.65. The van der Waals surface area contributed by atoms with E-state index in [1.165, 1.54) is 68.4 Å². The first-order valence-electron chi connectivity index (χ1n) is 15.3. The summed E-state index contributed by atoms with van der Waals surface area (Å²) >= 11 is 0. The monoisotopic (exact) mass is 540 g/mol. The zero-order valence-corrected chi connectivity index (χ0v) is 23.3. The molecule has 7 rings (SSSR count). The molecule has 4 fully saturated rings. The summed E-state index contributed by atoms with van der Waals surface area (Å²) in [5, 5.41) is 9.91. The SMILES string of the molecule is C=C(O)Cn1c(-c2nc3ccccc3n([C@H]3C[C@H]4CCC[C@@H](C3)N4[C@H]3C[C@@H]4CCC[C@@H](C4)C3)c2=O)cccc1=O. The molecule has 7 nitrogen and oxygen atoms in total. The van der Waals surface area contributed by atoms with E-state index in [2.05, 4.69) is 11.5 Å². The predicted molar refractivity (Wildman–Crippen MR) is 157 cm³/mol. The molecule has 2 aliphatic heterocycles. The van der Waals surface area contributed by atoms with Gasteiger partial charge in [-0.1, -0.05) is 50.5 Å². The Morgan fingerprint density at radius 2 is 1.52 bits per heavy atom. The summed E-state index contributed by atoms with van der Waals surface area (Å²) in [6.45, 7) is 3.50. The van der Waals surface area contributed by atoms with E-state index in [0.717, 1.165) is 35.7 Å². The van der Waals surface area contributed by atoms with Crippen molar-refractivity contribution in [1.82, 2.24) is 19.0 Å². The van der Waals surface area contributed by atoms with E-state index < -0.39 is 0 Å². The quantitative estimate of drug-likeness (QED) is 0.412. The first-order valence-corrected chi connectivity index (χ1v) is 15.3. The average Bonchev–Trinajstić information content (AvgIpc) is 2.93. The van der Waals surface area contributed by atoms with Gasteiger partial charge in [0.2, 0.25) is 0 Å². The van der Waals surface area contributed by atoms with Crippen molar-refractivity contribution in [3.63, 3.8) is 0 Å². The van der Waals surface area contributed by atoms with Crippen LogP contribution in [0.15, 0.2) is 64.4 Å². The lowest BCUT2D eigenvalue weighted by Gasteiger charge is -2.55. The maximum atomic E-state index is 14.4. The van der Waals surface area contributed by atoms with E-state index >= 15 is 0 Å². The number of aromatic nitrogens is 3. The third-order valence-electron chi connectivity index (χ3n) is 10.3. The van der Waals surface area contributed by atoms with Gasteiger partial charge in [0.05, 0.1) is 23.3 Å². The second-order valence-electron chi connectivity index (χ2n) is 12.9. The predicted octanol–water partition coefficient (Wildman–Crippen LogP) is 5.82. The number of fused-ring (bicyclic) bond motifs is 5. The van der Waals surface area contributed by atoms with Crippen molar-refractivity contribution in [3.05, 3.63) is 75.5 Å². The zero-order chi connectivity index (χ0) is 27.4. The molecule has 4 heterocycles. The van der Waals surface area contributed by atoms with E-state index in [1.807, 2.05) is 28.8 Å². The molecule has 1 aromatic carbocycles. The van der Waals surface area contributed by atoms with Crippen molar-refractivity contribution in [2.75, 3.05) is 0 Å². The maximum absolute atomic E-state index is 14.4. The van der Waals surface area contributed by atoms with Crippen LogP contribution < -0.4 is 11.1 Å². The highest BCUT2D eigenvalue weighted by molar-refractivity contribution is 5.77. The van der Waals surface area contributed by atoms with Gasteiger partial charge in [0.1, 0.15) is 5.76 Å². The molecule has 6 atom stereocenters. The zero-order valence-electron chi connectivity index (χ0n) is 23.3. The van der Waals surface area contributed by atoms with E-state index in [9.17, 15) is 14.7 Å². The minimum atomic E-state index is -0.298. The number of allylic oxidation sites excluding steroid dienone is 1. The number of pyridine rings is 1. The number of para-hydroxylation sites is 2. The summed E-state index contributed by atoms with van der Waals surface area (Å²) in [5.41, 5.74) is 1.81. The van der Waals surface area contributed by atoms with Crippen molar-refractivity contribution in [3.8, 4) is 11.4 Å². The number of aliphatic hydroxyl groups is 1. The number of rotatable bonds is 5. The van der Waals surface area contributed by atoms with Crippen molar-refractivity contribution >= 4 is 11.0 Å². The van der Waals surface area contributed by atoms with Gasteiger partial charge < -0.3 is 9.67 Å². The van der Waals surface area contributed by atoms with E-state index in [1.54, 1.807) is 12.1 Å². The van der Waals surface area contributed by atoms with Crippen LogP contribution in [-0.2, 0) is 6.54 Å². The molecule has 2 aromatic heterocycles. The molecule has 4 bridgehead atoms. The van der Waals surface area contributed by atoms with Crippen LogP contribution in [0.3, 0.4) is 0 Å². The number of hydrogen-bond acceptors (Lipinski definition) is 5. The Balaban J connectivity index is 1.29. The Labute approximate surface area is 235 Å². The van der Waals surface area contributed by atoms with Crippen molar-refractivity contribution in [2.45, 2.75) is 101 Å². The fourth-order valence-electron chi connectivity index (χ4n) is 8.89. The first kappa shape index (κ1) is 25.8. The van der Waals surface area contributed by atoms with E-state index in [4.69, 9.17) is 4.98 Å². The molecule has 0 spiro atoms. The largest absolute Gasteiger partial charge is 0.511 e. The summed E-state index contributed by atoms with van der Waals surface area (Å²) in [6, 6.07) is 14.5. The third-order valence-corrected chi connectivity index (χ3v) is 10.3. The van der Waals surface area contributed by atoms with E-state index in [0.29, 0.717) is 23.8 Å². The van der Waals surface area contributed by atoms with Gasteiger partial charge in [-0.05, 0) is 75.0 Å². The molecule has 40 heavy (non-hydrogen) atoms. The normalized spacial score (nSPS) is 30.3. The fraction of sp³-hybridized carbons (Fsp3) is 0.545. The topological polar surface area (TPSA) is 80.4 Å². The third kappa shape index (κ3) is 4.52. The standard InChI is InChI=1S/C33H40N4O3/c1-21(38)20-35-30(13-6-14-31(35)39)32-33(40)37(29-12-3-2-11-28(29)34-32)27-18-24-9-5-10-25(19-27)36(24)26-16-22-7-4-8-23(15-22)17-26/h2-3,6,11-14,22-27,38H,1,4-5,7-10,15-20H2/t22-,23+,24-,25+,26+,27+. The first-order chi connectivity index (χ1) is 19.5. The number of nitrogens with zero attached hydrogens (tertiary/aromatic N) is 4. The molecule has 2 aliphatic carbocycles. The van der Waals surface area contributed by atoms with Gasteiger partial charge in [-0.25, -0.2) is 4.98 Å². The lowest BCUT2D eigenvalue weighted by Crippen LogP contribution is -2.58. The molecule has 2 saturated carbocycles. The van der Waals surface area contributed by atoms with Crippen LogP contribution in [0.5, 0.6) is 0 Å². The molecule has 0 amide bonds.